The Morgan fingerprint density at radius 3 is 2.42 bits per heavy atom. The average Bonchev–Trinajstić information content (AvgIpc) is 2.57. The molecule has 0 saturated carbocycles. The van der Waals surface area contributed by atoms with Crippen molar-refractivity contribution in [2.75, 3.05) is 19.5 Å². The third-order valence-electron chi connectivity index (χ3n) is 3.08. The zero-order valence-electron chi connectivity index (χ0n) is 13.1. The van der Waals surface area contributed by atoms with Gasteiger partial charge in [-0.1, -0.05) is 39.7 Å². The molecule has 24 heavy (non-hydrogen) atoms. The molecule has 0 radical (unpaired) electrons. The van der Waals surface area contributed by atoms with Crippen molar-refractivity contribution in [3.63, 3.8) is 0 Å². The Morgan fingerprint density at radius 1 is 1.12 bits per heavy atom. The molecule has 0 aliphatic rings. The number of halogens is 2. The van der Waals surface area contributed by atoms with Crippen LogP contribution in [0.3, 0.4) is 0 Å². The van der Waals surface area contributed by atoms with Crippen molar-refractivity contribution < 1.29 is 14.3 Å². The van der Waals surface area contributed by atoms with E-state index < -0.39 is 6.03 Å². The maximum absolute atomic E-state index is 12.0. The quantitative estimate of drug-likeness (QED) is 0.735. The zero-order chi connectivity index (χ0) is 17.5. The highest BCUT2D eigenvalue weighted by Crippen LogP contribution is 2.35. The van der Waals surface area contributed by atoms with E-state index >= 15 is 0 Å². The minimum atomic E-state index is -0.411. The monoisotopic (exact) mass is 410 g/mol. The maximum Gasteiger partial charge on any atom is 0.323 e. The normalized spacial score (nSPS) is 10.5. The van der Waals surface area contributed by atoms with Crippen molar-refractivity contribution in [1.29, 1.82) is 0 Å². The molecule has 2 aromatic rings. The molecule has 126 valence electrons. The Labute approximate surface area is 153 Å². The number of methoxy groups -OCH3 is 2. The first-order chi connectivity index (χ1) is 11.5. The van der Waals surface area contributed by atoms with Crippen molar-refractivity contribution in [2.24, 2.45) is 0 Å². The summed E-state index contributed by atoms with van der Waals surface area (Å²) in [4.78, 5) is 12.0. The van der Waals surface area contributed by atoms with Crippen LogP contribution in [-0.4, -0.2) is 20.3 Å². The average molecular weight is 412 g/mol. The largest absolute Gasteiger partial charge is 0.495 e. The summed E-state index contributed by atoms with van der Waals surface area (Å²) in [5.74, 6) is 0.881. The summed E-state index contributed by atoms with van der Waals surface area (Å²) in [5, 5.41) is 5.71. The SMILES string of the molecule is COc1cc(NC(=O)N/C=C/c2ccc(Br)cc2)c(OC)cc1Cl. The van der Waals surface area contributed by atoms with E-state index in [0.717, 1.165) is 10.0 Å². The van der Waals surface area contributed by atoms with Gasteiger partial charge in [-0.3, -0.25) is 0 Å². The number of hydrogen-bond acceptors (Lipinski definition) is 3. The number of rotatable bonds is 5. The lowest BCUT2D eigenvalue weighted by molar-refractivity contribution is 0.255. The van der Waals surface area contributed by atoms with Crippen molar-refractivity contribution in [2.45, 2.75) is 0 Å². The number of carbonyl (C=O) groups excluding carboxylic acids is 1. The van der Waals surface area contributed by atoms with Gasteiger partial charge >= 0.3 is 6.03 Å². The number of nitrogens with one attached hydrogen (secondary N) is 2. The molecule has 2 N–H and O–H groups in total. The van der Waals surface area contributed by atoms with E-state index in [1.54, 1.807) is 24.4 Å². The summed E-state index contributed by atoms with van der Waals surface area (Å²) in [6, 6.07) is 10.5. The fraction of sp³-hybridized carbons (Fsp3) is 0.118. The van der Waals surface area contributed by atoms with Gasteiger partial charge in [-0.2, -0.15) is 0 Å². The molecule has 2 amide bonds. The van der Waals surface area contributed by atoms with Gasteiger partial charge in [0.15, 0.2) is 0 Å². The highest BCUT2D eigenvalue weighted by Gasteiger charge is 2.11. The molecule has 5 nitrogen and oxygen atoms in total. The topological polar surface area (TPSA) is 59.6 Å². The van der Waals surface area contributed by atoms with Crippen LogP contribution in [0.1, 0.15) is 5.56 Å². The molecule has 0 fully saturated rings. The summed E-state index contributed by atoms with van der Waals surface area (Å²) in [6.07, 6.45) is 3.34. The summed E-state index contributed by atoms with van der Waals surface area (Å²) in [7, 11) is 2.99. The first-order valence-electron chi connectivity index (χ1n) is 6.94. The van der Waals surface area contributed by atoms with Crippen molar-refractivity contribution >= 4 is 45.3 Å². The van der Waals surface area contributed by atoms with Gasteiger partial charge in [-0.25, -0.2) is 4.79 Å². The van der Waals surface area contributed by atoms with E-state index in [1.807, 2.05) is 24.3 Å². The minimum Gasteiger partial charge on any atom is -0.495 e. The smallest absolute Gasteiger partial charge is 0.323 e. The van der Waals surface area contributed by atoms with Gasteiger partial charge in [-0.05, 0) is 23.8 Å². The summed E-state index contributed by atoms with van der Waals surface area (Å²) in [5.41, 5.74) is 1.41. The third kappa shape index (κ3) is 4.91. The lowest BCUT2D eigenvalue weighted by atomic mass is 10.2. The number of hydrogen-bond donors (Lipinski definition) is 2. The Bertz CT molecular complexity index is 748. The number of ether oxygens (including phenoxy) is 2. The van der Waals surface area contributed by atoms with Crippen LogP contribution in [0.5, 0.6) is 11.5 Å². The van der Waals surface area contributed by atoms with E-state index in [-0.39, 0.29) is 0 Å². The second-order valence-corrected chi connectivity index (χ2v) is 5.99. The first kappa shape index (κ1) is 18.2. The molecular weight excluding hydrogens is 396 g/mol. The van der Waals surface area contributed by atoms with E-state index in [4.69, 9.17) is 21.1 Å². The predicted octanol–water partition coefficient (Wildman–Crippen LogP) is 4.91. The van der Waals surface area contributed by atoms with E-state index in [0.29, 0.717) is 22.2 Å². The summed E-state index contributed by atoms with van der Waals surface area (Å²) < 4.78 is 11.3. The predicted molar refractivity (Wildman–Crippen MR) is 99.9 cm³/mol. The lowest BCUT2D eigenvalue weighted by Crippen LogP contribution is -2.24. The van der Waals surface area contributed by atoms with Gasteiger partial charge in [0.25, 0.3) is 0 Å². The molecule has 0 saturated heterocycles. The fourth-order valence-electron chi connectivity index (χ4n) is 1.90. The van der Waals surface area contributed by atoms with Crippen LogP contribution < -0.4 is 20.1 Å². The molecular formula is C17H16BrClN2O3. The zero-order valence-corrected chi connectivity index (χ0v) is 15.4. The molecule has 0 unspecified atom stereocenters. The van der Waals surface area contributed by atoms with Gasteiger partial charge in [0.2, 0.25) is 0 Å². The summed E-state index contributed by atoms with van der Waals surface area (Å²) >= 11 is 9.40. The highest BCUT2D eigenvalue weighted by atomic mass is 79.9. The standard InChI is InChI=1S/C17H16BrClN2O3/c1-23-15-10-14(16(24-2)9-13(15)19)21-17(22)20-8-7-11-3-5-12(18)6-4-11/h3-10H,1-2H3,(H2,20,21,22)/b8-7+. The Kier molecular flexibility index (Phi) is 6.52. The molecule has 2 rings (SSSR count). The number of anilines is 1. The van der Waals surface area contributed by atoms with Crippen molar-refractivity contribution in [1.82, 2.24) is 5.32 Å². The second kappa shape index (κ2) is 8.61. The van der Waals surface area contributed by atoms with Crippen molar-refractivity contribution in [3.05, 3.63) is 57.7 Å². The molecule has 0 atom stereocenters. The number of benzene rings is 2. The molecule has 0 aliphatic carbocycles. The van der Waals surface area contributed by atoms with Gasteiger partial charge < -0.3 is 20.1 Å². The van der Waals surface area contributed by atoms with Gasteiger partial charge in [0, 0.05) is 22.8 Å². The van der Waals surface area contributed by atoms with Gasteiger partial charge in [-0.15, -0.1) is 0 Å². The second-order valence-electron chi connectivity index (χ2n) is 4.67. The lowest BCUT2D eigenvalue weighted by Gasteiger charge is -2.12. The van der Waals surface area contributed by atoms with E-state index in [9.17, 15) is 4.79 Å². The van der Waals surface area contributed by atoms with Crippen LogP contribution in [0.15, 0.2) is 47.1 Å². The minimum absolute atomic E-state index is 0.399. The van der Waals surface area contributed by atoms with Gasteiger partial charge in [0.1, 0.15) is 11.5 Å². The molecule has 0 heterocycles. The fourth-order valence-corrected chi connectivity index (χ4v) is 2.40. The summed E-state index contributed by atoms with van der Waals surface area (Å²) in [6.45, 7) is 0. The number of amides is 2. The number of carbonyl (C=O) groups is 1. The van der Waals surface area contributed by atoms with E-state index in [1.165, 1.54) is 14.2 Å². The Morgan fingerprint density at radius 2 is 1.79 bits per heavy atom. The van der Waals surface area contributed by atoms with Crippen LogP contribution in [0.25, 0.3) is 6.08 Å². The van der Waals surface area contributed by atoms with Crippen LogP contribution >= 0.6 is 27.5 Å². The molecule has 7 heteroatoms. The molecule has 0 spiro atoms. The maximum atomic E-state index is 12.0. The molecule has 0 aromatic heterocycles. The Hall–Kier alpha value is -2.18. The van der Waals surface area contributed by atoms with Crippen LogP contribution in [0.4, 0.5) is 10.5 Å². The van der Waals surface area contributed by atoms with Crippen LogP contribution in [0.2, 0.25) is 5.02 Å². The highest BCUT2D eigenvalue weighted by molar-refractivity contribution is 9.10. The number of urea groups is 1. The van der Waals surface area contributed by atoms with Crippen LogP contribution in [0, 0.1) is 0 Å². The van der Waals surface area contributed by atoms with Gasteiger partial charge in [0.05, 0.1) is 24.9 Å². The van der Waals surface area contributed by atoms with E-state index in [2.05, 4.69) is 26.6 Å². The molecule has 2 aromatic carbocycles. The first-order valence-corrected chi connectivity index (χ1v) is 8.11. The van der Waals surface area contributed by atoms with Crippen LogP contribution in [-0.2, 0) is 0 Å². The van der Waals surface area contributed by atoms with Crippen molar-refractivity contribution in [3.8, 4) is 11.5 Å². The third-order valence-corrected chi connectivity index (χ3v) is 3.91. The Balaban J connectivity index is 2.02. The molecule has 0 bridgehead atoms. The molecule has 0 aliphatic heterocycles.